The summed E-state index contributed by atoms with van der Waals surface area (Å²) in [6.45, 7) is 0. The lowest BCUT2D eigenvalue weighted by Gasteiger charge is -2.35. The summed E-state index contributed by atoms with van der Waals surface area (Å²) in [6, 6.07) is 9.54. The Morgan fingerprint density at radius 3 is 1.78 bits per heavy atom. The van der Waals surface area contributed by atoms with Gasteiger partial charge in [0.05, 0.1) is 17.3 Å². The van der Waals surface area contributed by atoms with Gasteiger partial charge in [-0.1, -0.05) is 12.1 Å². The van der Waals surface area contributed by atoms with E-state index in [-0.39, 0.29) is 11.4 Å². The predicted octanol–water partition coefficient (Wildman–Crippen LogP) is -1.33. The van der Waals surface area contributed by atoms with Crippen LogP contribution >= 0.6 is 0 Å². The number of primary amides is 2. The Labute approximate surface area is 131 Å². The first-order chi connectivity index (χ1) is 10.9. The van der Waals surface area contributed by atoms with Crippen molar-refractivity contribution in [1.82, 2.24) is 9.97 Å². The summed E-state index contributed by atoms with van der Waals surface area (Å²) >= 11 is 0. The van der Waals surface area contributed by atoms with Gasteiger partial charge in [0, 0.05) is 12.4 Å². The molecule has 2 aromatic heterocycles. The van der Waals surface area contributed by atoms with E-state index in [1.165, 1.54) is 24.5 Å². The first kappa shape index (κ1) is 16.5. The van der Waals surface area contributed by atoms with Crippen molar-refractivity contribution >= 4 is 11.8 Å². The monoisotopic (exact) mass is 316 g/mol. The van der Waals surface area contributed by atoms with Crippen molar-refractivity contribution in [2.75, 3.05) is 0 Å². The third-order valence-electron chi connectivity index (χ3n) is 3.49. The summed E-state index contributed by atoms with van der Waals surface area (Å²) in [6.07, 6.45) is 0.640. The molecule has 23 heavy (non-hydrogen) atoms. The minimum Gasteiger partial charge on any atom is -0.380 e. The van der Waals surface area contributed by atoms with E-state index in [1.807, 2.05) is 0 Å². The number of rotatable bonds is 6. The largest absolute Gasteiger partial charge is 0.380 e. The number of nitrogens with two attached hydrogens (primary N) is 2. The van der Waals surface area contributed by atoms with E-state index < -0.39 is 29.4 Å². The average Bonchev–Trinajstić information content (AvgIpc) is 2.55. The van der Waals surface area contributed by atoms with E-state index in [2.05, 4.69) is 9.97 Å². The van der Waals surface area contributed by atoms with E-state index in [9.17, 15) is 19.8 Å². The third-order valence-corrected chi connectivity index (χ3v) is 3.49. The molecule has 0 saturated heterocycles. The molecule has 0 aromatic carbocycles. The van der Waals surface area contributed by atoms with Crippen LogP contribution in [-0.4, -0.2) is 43.7 Å². The average molecular weight is 316 g/mol. The highest BCUT2D eigenvalue weighted by Gasteiger charge is 2.53. The number of hydrogen-bond acceptors (Lipinski definition) is 6. The molecule has 2 amide bonds. The second-order valence-electron chi connectivity index (χ2n) is 4.94. The molecule has 2 atom stereocenters. The van der Waals surface area contributed by atoms with Crippen molar-refractivity contribution in [2.24, 2.45) is 11.5 Å². The summed E-state index contributed by atoms with van der Waals surface area (Å²) in [4.78, 5) is 31.4. The molecule has 0 radical (unpaired) electrons. The molecule has 8 nitrogen and oxygen atoms in total. The van der Waals surface area contributed by atoms with Gasteiger partial charge in [-0.25, -0.2) is 0 Å². The summed E-state index contributed by atoms with van der Waals surface area (Å²) in [5.41, 5.74) is 8.03. The van der Waals surface area contributed by atoms with Crippen molar-refractivity contribution in [3.05, 3.63) is 60.2 Å². The van der Waals surface area contributed by atoms with E-state index in [4.69, 9.17) is 11.5 Å². The minimum absolute atomic E-state index is 0.202. The summed E-state index contributed by atoms with van der Waals surface area (Å²) in [7, 11) is 0. The van der Waals surface area contributed by atoms with Crippen molar-refractivity contribution in [3.63, 3.8) is 0 Å². The van der Waals surface area contributed by atoms with Crippen LogP contribution in [0.15, 0.2) is 48.8 Å². The fourth-order valence-corrected chi connectivity index (χ4v) is 2.35. The van der Waals surface area contributed by atoms with Crippen LogP contribution in [-0.2, 0) is 9.59 Å². The molecule has 2 heterocycles. The Bertz CT molecular complexity index is 656. The SMILES string of the molecule is NC(=O)C(O)C(O)(C(N)=O)C(c1ccccn1)c1ccccn1. The smallest absolute Gasteiger partial charge is 0.253 e. The Morgan fingerprint density at radius 1 is 1.00 bits per heavy atom. The molecule has 0 aliphatic heterocycles. The molecule has 2 unspecified atom stereocenters. The van der Waals surface area contributed by atoms with E-state index in [1.54, 1.807) is 24.3 Å². The molecule has 2 aromatic rings. The van der Waals surface area contributed by atoms with Gasteiger partial charge in [-0.2, -0.15) is 0 Å². The predicted molar refractivity (Wildman–Crippen MR) is 79.7 cm³/mol. The van der Waals surface area contributed by atoms with Crippen molar-refractivity contribution in [2.45, 2.75) is 17.6 Å². The first-order valence-corrected chi connectivity index (χ1v) is 6.70. The molecule has 2 rings (SSSR count). The van der Waals surface area contributed by atoms with Crippen LogP contribution in [0.25, 0.3) is 0 Å². The quantitative estimate of drug-likeness (QED) is 0.518. The second-order valence-corrected chi connectivity index (χ2v) is 4.94. The fourth-order valence-electron chi connectivity index (χ4n) is 2.35. The number of nitrogens with zero attached hydrogens (tertiary/aromatic N) is 2. The molecule has 120 valence electrons. The van der Waals surface area contributed by atoms with Gasteiger partial charge in [0.25, 0.3) is 5.91 Å². The van der Waals surface area contributed by atoms with E-state index in [0.717, 1.165) is 0 Å². The van der Waals surface area contributed by atoms with Crippen LogP contribution in [0.1, 0.15) is 17.3 Å². The van der Waals surface area contributed by atoms with Gasteiger partial charge < -0.3 is 21.7 Å². The van der Waals surface area contributed by atoms with Gasteiger partial charge in [-0.15, -0.1) is 0 Å². The number of amides is 2. The van der Waals surface area contributed by atoms with E-state index >= 15 is 0 Å². The Kier molecular flexibility index (Phi) is 4.68. The Hall–Kier alpha value is -2.84. The molecule has 0 bridgehead atoms. The van der Waals surface area contributed by atoms with Crippen LogP contribution in [0.5, 0.6) is 0 Å². The van der Waals surface area contributed by atoms with Crippen LogP contribution in [0.4, 0.5) is 0 Å². The highest BCUT2D eigenvalue weighted by atomic mass is 16.4. The maximum atomic E-state index is 11.9. The van der Waals surface area contributed by atoms with Gasteiger partial charge in [0.15, 0.2) is 11.7 Å². The molecule has 0 aliphatic rings. The number of aliphatic hydroxyl groups is 2. The molecule has 0 aliphatic carbocycles. The number of aromatic nitrogens is 2. The molecule has 0 spiro atoms. The Balaban J connectivity index is 2.69. The topological polar surface area (TPSA) is 152 Å². The van der Waals surface area contributed by atoms with Crippen LogP contribution in [0, 0.1) is 0 Å². The highest BCUT2D eigenvalue weighted by molar-refractivity contribution is 5.94. The van der Waals surface area contributed by atoms with Gasteiger partial charge in [-0.3, -0.25) is 19.6 Å². The van der Waals surface area contributed by atoms with Gasteiger partial charge in [0.1, 0.15) is 0 Å². The lowest BCUT2D eigenvalue weighted by atomic mass is 9.77. The number of carbonyl (C=O) groups is 2. The summed E-state index contributed by atoms with van der Waals surface area (Å²) < 4.78 is 0. The van der Waals surface area contributed by atoms with Crippen LogP contribution in [0.3, 0.4) is 0 Å². The number of aliphatic hydroxyl groups excluding tert-OH is 1. The van der Waals surface area contributed by atoms with Crippen molar-refractivity contribution < 1.29 is 19.8 Å². The molecule has 8 heteroatoms. The highest BCUT2D eigenvalue weighted by Crippen LogP contribution is 2.35. The zero-order chi connectivity index (χ0) is 17.0. The standard InChI is InChI=1S/C15H16N4O4/c16-13(21)12(20)15(23,14(17)22)11(9-5-1-3-7-18-9)10-6-2-4-8-19-10/h1-8,11-12,20,23H,(H2,16,21)(H2,17,22). The van der Waals surface area contributed by atoms with Gasteiger partial charge in [0.2, 0.25) is 5.91 Å². The fraction of sp³-hybridized carbons (Fsp3) is 0.200. The van der Waals surface area contributed by atoms with Gasteiger partial charge in [-0.05, 0) is 24.3 Å². The first-order valence-electron chi connectivity index (χ1n) is 6.70. The lowest BCUT2D eigenvalue weighted by Crippen LogP contribution is -2.61. The molecular formula is C15H16N4O4. The third kappa shape index (κ3) is 3.03. The van der Waals surface area contributed by atoms with Crippen molar-refractivity contribution in [3.8, 4) is 0 Å². The zero-order valence-electron chi connectivity index (χ0n) is 12.0. The summed E-state index contributed by atoms with van der Waals surface area (Å²) in [5, 5.41) is 20.8. The van der Waals surface area contributed by atoms with Crippen molar-refractivity contribution in [1.29, 1.82) is 0 Å². The maximum Gasteiger partial charge on any atom is 0.253 e. The molecule has 6 N–H and O–H groups in total. The number of carbonyl (C=O) groups excluding carboxylic acids is 2. The van der Waals surface area contributed by atoms with Gasteiger partial charge >= 0.3 is 0 Å². The normalized spacial score (nSPS) is 14.9. The lowest BCUT2D eigenvalue weighted by molar-refractivity contribution is -0.161. The maximum absolute atomic E-state index is 11.9. The number of pyridine rings is 2. The van der Waals surface area contributed by atoms with Crippen LogP contribution in [0.2, 0.25) is 0 Å². The number of hydrogen-bond donors (Lipinski definition) is 4. The molecular weight excluding hydrogens is 300 g/mol. The second kappa shape index (κ2) is 6.51. The zero-order valence-corrected chi connectivity index (χ0v) is 12.0. The summed E-state index contributed by atoms with van der Waals surface area (Å²) in [5.74, 6) is -3.88. The Morgan fingerprint density at radius 2 is 1.48 bits per heavy atom. The van der Waals surface area contributed by atoms with E-state index in [0.29, 0.717) is 0 Å². The van der Waals surface area contributed by atoms with Crippen LogP contribution < -0.4 is 11.5 Å². The molecule has 0 saturated carbocycles. The minimum atomic E-state index is -2.70. The molecule has 0 fully saturated rings.